The number of carbonyl (C=O) groups is 2. The van der Waals surface area contributed by atoms with Crippen molar-refractivity contribution in [1.82, 2.24) is 10.2 Å². The van der Waals surface area contributed by atoms with Gasteiger partial charge in [0.1, 0.15) is 6.04 Å². The Hall–Kier alpha value is -2.36. The lowest BCUT2D eigenvalue weighted by molar-refractivity contribution is -0.141. The molecule has 2 heterocycles. The molecule has 0 spiro atoms. The van der Waals surface area contributed by atoms with Gasteiger partial charge >= 0.3 is 5.97 Å². The number of amides is 1. The molecule has 1 saturated heterocycles. The van der Waals surface area contributed by atoms with Gasteiger partial charge in [-0.1, -0.05) is 0 Å². The van der Waals surface area contributed by atoms with E-state index in [1.807, 2.05) is 0 Å². The summed E-state index contributed by atoms with van der Waals surface area (Å²) in [5.74, 6) is -0.230. The van der Waals surface area contributed by atoms with Crippen molar-refractivity contribution in [3.8, 4) is 11.5 Å². The Bertz CT molecular complexity index is 662. The van der Waals surface area contributed by atoms with E-state index in [2.05, 4.69) is 15.5 Å². The van der Waals surface area contributed by atoms with Gasteiger partial charge in [-0.15, -0.1) is 0 Å². The fourth-order valence-corrected chi connectivity index (χ4v) is 3.02. The number of hydrogen-bond acceptors (Lipinski definition) is 7. The summed E-state index contributed by atoms with van der Waals surface area (Å²) in [5.41, 5.74) is 0.542. The zero-order valence-corrected chi connectivity index (χ0v) is 15.1. The van der Waals surface area contributed by atoms with Crippen molar-refractivity contribution in [2.24, 2.45) is 0 Å². The van der Waals surface area contributed by atoms with Crippen LogP contribution in [0.1, 0.15) is 12.8 Å². The molecular weight excluding hydrogens is 354 g/mol. The smallest absolute Gasteiger partial charge is 0.321 e. The molecule has 3 N–H and O–H groups in total. The Labute approximate surface area is 157 Å². The van der Waals surface area contributed by atoms with Crippen LogP contribution in [0.4, 0.5) is 5.69 Å². The molecule has 1 amide bonds. The van der Waals surface area contributed by atoms with Gasteiger partial charge in [0.25, 0.3) is 0 Å². The van der Waals surface area contributed by atoms with E-state index in [4.69, 9.17) is 14.2 Å². The summed E-state index contributed by atoms with van der Waals surface area (Å²) >= 11 is 0. The van der Waals surface area contributed by atoms with Crippen LogP contribution in [0.3, 0.4) is 0 Å². The molecule has 2 aliphatic rings. The first-order valence-corrected chi connectivity index (χ1v) is 9.07. The van der Waals surface area contributed by atoms with E-state index in [1.165, 1.54) is 0 Å². The molecule has 148 valence electrons. The normalized spacial score (nSPS) is 17.5. The molecule has 1 atom stereocenters. The highest BCUT2D eigenvalue weighted by molar-refractivity contribution is 5.94. The quantitative estimate of drug-likeness (QED) is 0.533. The lowest BCUT2D eigenvalue weighted by atomic mass is 10.2. The van der Waals surface area contributed by atoms with Gasteiger partial charge in [0.2, 0.25) is 12.7 Å². The molecule has 3 rings (SSSR count). The summed E-state index contributed by atoms with van der Waals surface area (Å²) in [4.78, 5) is 25.9. The summed E-state index contributed by atoms with van der Waals surface area (Å²) in [5, 5.41) is 15.0. The second-order valence-electron chi connectivity index (χ2n) is 6.47. The van der Waals surface area contributed by atoms with Crippen LogP contribution in [0.5, 0.6) is 11.5 Å². The number of fused-ring (bicyclic) bond motifs is 1. The Morgan fingerprint density at radius 2 is 1.96 bits per heavy atom. The van der Waals surface area contributed by atoms with Crippen LogP contribution in [-0.4, -0.2) is 74.1 Å². The minimum absolute atomic E-state index is 0.151. The highest BCUT2D eigenvalue weighted by Gasteiger charge is 2.21. The van der Waals surface area contributed by atoms with E-state index >= 15 is 0 Å². The average Bonchev–Trinajstić information content (AvgIpc) is 3.12. The van der Waals surface area contributed by atoms with E-state index in [9.17, 15) is 14.7 Å². The zero-order chi connectivity index (χ0) is 19.1. The number of nitrogens with one attached hydrogen (secondary N) is 2. The maximum Gasteiger partial charge on any atom is 0.321 e. The van der Waals surface area contributed by atoms with Gasteiger partial charge in [0.15, 0.2) is 11.5 Å². The largest absolute Gasteiger partial charge is 0.480 e. The molecular formula is C18H25N3O6. The van der Waals surface area contributed by atoms with E-state index in [1.54, 1.807) is 18.2 Å². The molecule has 0 aliphatic carbocycles. The predicted molar refractivity (Wildman–Crippen MR) is 97.1 cm³/mol. The van der Waals surface area contributed by atoms with Crippen LogP contribution in [-0.2, 0) is 14.3 Å². The standard InChI is InChI=1S/C18H25N3O6/c22-17(20-13-2-3-15-16(10-13)27-12-26-15)11-14(18(23)24)19-4-1-5-21-6-8-25-9-7-21/h2-3,10,14,19H,1,4-9,11-12H2,(H,20,22)(H,23,24)/t14-/m1/s1. The number of rotatable bonds is 9. The molecule has 0 radical (unpaired) electrons. The molecule has 0 unspecified atom stereocenters. The number of benzene rings is 1. The molecule has 0 aromatic heterocycles. The molecule has 1 aromatic carbocycles. The summed E-state index contributed by atoms with van der Waals surface area (Å²) in [6.45, 7) is 4.86. The fourth-order valence-electron chi connectivity index (χ4n) is 3.02. The fraction of sp³-hybridized carbons (Fsp3) is 0.556. The summed E-state index contributed by atoms with van der Waals surface area (Å²) in [6, 6.07) is 4.13. The van der Waals surface area contributed by atoms with Crippen molar-refractivity contribution < 1.29 is 28.9 Å². The van der Waals surface area contributed by atoms with Crippen molar-refractivity contribution in [1.29, 1.82) is 0 Å². The Kier molecular flexibility index (Phi) is 6.86. The number of nitrogens with zero attached hydrogens (tertiary/aromatic N) is 1. The number of aliphatic carboxylic acids is 1. The number of carboxylic acids is 1. The second-order valence-corrected chi connectivity index (χ2v) is 6.47. The van der Waals surface area contributed by atoms with E-state index < -0.39 is 12.0 Å². The predicted octanol–water partition coefficient (Wildman–Crippen LogP) is 0.509. The minimum Gasteiger partial charge on any atom is -0.480 e. The molecule has 27 heavy (non-hydrogen) atoms. The van der Waals surface area contributed by atoms with Gasteiger partial charge in [-0.3, -0.25) is 14.5 Å². The number of morpholine rings is 1. The first kappa shape index (κ1) is 19.4. The average molecular weight is 379 g/mol. The summed E-state index contributed by atoms with van der Waals surface area (Å²) in [7, 11) is 0. The topological polar surface area (TPSA) is 109 Å². The van der Waals surface area contributed by atoms with Gasteiger partial charge in [0, 0.05) is 24.8 Å². The Morgan fingerprint density at radius 3 is 2.74 bits per heavy atom. The molecule has 9 heteroatoms. The third kappa shape index (κ3) is 5.81. The van der Waals surface area contributed by atoms with Gasteiger partial charge in [0.05, 0.1) is 19.6 Å². The van der Waals surface area contributed by atoms with Crippen LogP contribution >= 0.6 is 0 Å². The van der Waals surface area contributed by atoms with E-state index in [-0.39, 0.29) is 19.1 Å². The van der Waals surface area contributed by atoms with Crippen molar-refractivity contribution in [3.63, 3.8) is 0 Å². The van der Waals surface area contributed by atoms with Gasteiger partial charge in [-0.25, -0.2) is 0 Å². The summed E-state index contributed by atoms with van der Waals surface area (Å²) in [6.07, 6.45) is 0.662. The molecule has 0 saturated carbocycles. The first-order valence-electron chi connectivity index (χ1n) is 9.07. The minimum atomic E-state index is -1.04. The second kappa shape index (κ2) is 9.54. The number of carboxylic acid groups (broad SMARTS) is 1. The van der Waals surface area contributed by atoms with Crippen molar-refractivity contribution in [3.05, 3.63) is 18.2 Å². The van der Waals surface area contributed by atoms with Crippen LogP contribution in [0.25, 0.3) is 0 Å². The molecule has 2 aliphatic heterocycles. The van der Waals surface area contributed by atoms with Crippen LogP contribution < -0.4 is 20.1 Å². The van der Waals surface area contributed by atoms with Gasteiger partial charge in [-0.05, 0) is 31.6 Å². The maximum atomic E-state index is 12.2. The number of anilines is 1. The van der Waals surface area contributed by atoms with Crippen molar-refractivity contribution in [2.75, 3.05) is 51.5 Å². The third-order valence-electron chi connectivity index (χ3n) is 4.49. The molecule has 0 bridgehead atoms. The van der Waals surface area contributed by atoms with Gasteiger partial charge < -0.3 is 30.0 Å². The van der Waals surface area contributed by atoms with Crippen LogP contribution in [0, 0.1) is 0 Å². The summed E-state index contributed by atoms with van der Waals surface area (Å²) < 4.78 is 15.8. The lowest BCUT2D eigenvalue weighted by Gasteiger charge is -2.26. The highest BCUT2D eigenvalue weighted by Crippen LogP contribution is 2.34. The van der Waals surface area contributed by atoms with Crippen molar-refractivity contribution in [2.45, 2.75) is 18.9 Å². The Morgan fingerprint density at radius 1 is 1.19 bits per heavy atom. The molecule has 1 aromatic rings. The van der Waals surface area contributed by atoms with Crippen molar-refractivity contribution >= 4 is 17.6 Å². The van der Waals surface area contributed by atoms with E-state index in [0.717, 1.165) is 39.3 Å². The van der Waals surface area contributed by atoms with Gasteiger partial charge in [-0.2, -0.15) is 0 Å². The lowest BCUT2D eigenvalue weighted by Crippen LogP contribution is -2.42. The molecule has 1 fully saturated rings. The highest BCUT2D eigenvalue weighted by atomic mass is 16.7. The molecule has 9 nitrogen and oxygen atoms in total. The monoisotopic (exact) mass is 379 g/mol. The SMILES string of the molecule is O=C(C[C@@H](NCCCN1CCOCC1)C(=O)O)Nc1ccc2c(c1)OCO2. The number of hydrogen-bond donors (Lipinski definition) is 3. The van der Waals surface area contributed by atoms with E-state index in [0.29, 0.717) is 23.7 Å². The first-order chi connectivity index (χ1) is 13.1. The van der Waals surface area contributed by atoms with Crippen LogP contribution in [0.15, 0.2) is 18.2 Å². The number of carbonyl (C=O) groups excluding carboxylic acids is 1. The third-order valence-corrected chi connectivity index (χ3v) is 4.49. The zero-order valence-electron chi connectivity index (χ0n) is 15.1. The maximum absolute atomic E-state index is 12.2. The number of ether oxygens (including phenoxy) is 3. The Balaban J connectivity index is 1.41. The van der Waals surface area contributed by atoms with Crippen LogP contribution in [0.2, 0.25) is 0 Å².